The van der Waals surface area contributed by atoms with Gasteiger partial charge in [0.2, 0.25) is 0 Å². The summed E-state index contributed by atoms with van der Waals surface area (Å²) < 4.78 is 0. The molecule has 1 aliphatic rings. The number of nitrogens with one attached hydrogen (secondary N) is 1. The topological polar surface area (TPSA) is 62.2 Å². The van der Waals surface area contributed by atoms with Gasteiger partial charge in [-0.3, -0.25) is 4.79 Å². The lowest BCUT2D eigenvalue weighted by atomic mass is 10.2. The van der Waals surface area contributed by atoms with E-state index in [0.29, 0.717) is 5.56 Å². The molecule has 1 fully saturated rings. The molecule has 1 aromatic rings. The van der Waals surface area contributed by atoms with Crippen molar-refractivity contribution in [1.82, 2.24) is 10.3 Å². The summed E-state index contributed by atoms with van der Waals surface area (Å²) in [5.41, 5.74) is -0.0742. The largest absolute Gasteiger partial charge is 0.394 e. The van der Waals surface area contributed by atoms with Gasteiger partial charge in [-0.05, 0) is 25.0 Å². The van der Waals surface area contributed by atoms with Gasteiger partial charge in [-0.2, -0.15) is 0 Å². The highest BCUT2D eigenvalue weighted by atomic mass is 35.5. The maximum absolute atomic E-state index is 11.7. The van der Waals surface area contributed by atoms with Gasteiger partial charge < -0.3 is 10.4 Å². The van der Waals surface area contributed by atoms with Crippen molar-refractivity contribution in [2.45, 2.75) is 18.4 Å². The van der Waals surface area contributed by atoms with Gasteiger partial charge in [0.15, 0.2) is 0 Å². The standard InChI is InChI=1S/C10H11ClN2O2/c11-8-7(2-1-5-12-8)9(15)13-10(6-14)3-4-10/h1-2,5,14H,3-4,6H2,(H,13,15). The number of carbonyl (C=O) groups is 1. The number of hydrogen-bond donors (Lipinski definition) is 2. The molecule has 1 aliphatic carbocycles. The fourth-order valence-corrected chi connectivity index (χ4v) is 1.54. The maximum Gasteiger partial charge on any atom is 0.254 e. The van der Waals surface area contributed by atoms with E-state index in [-0.39, 0.29) is 17.7 Å². The number of nitrogens with zero attached hydrogens (tertiary/aromatic N) is 1. The van der Waals surface area contributed by atoms with E-state index in [4.69, 9.17) is 16.7 Å². The first-order valence-electron chi connectivity index (χ1n) is 4.71. The molecule has 1 amide bonds. The van der Waals surface area contributed by atoms with Crippen LogP contribution in [0, 0.1) is 0 Å². The zero-order chi connectivity index (χ0) is 10.9. The van der Waals surface area contributed by atoms with E-state index >= 15 is 0 Å². The van der Waals surface area contributed by atoms with Crippen molar-refractivity contribution in [3.63, 3.8) is 0 Å². The molecule has 0 unspecified atom stereocenters. The molecule has 1 aromatic heterocycles. The lowest BCUT2D eigenvalue weighted by molar-refractivity contribution is 0.0906. The predicted octanol–water partition coefficient (Wildman–Crippen LogP) is 0.990. The fourth-order valence-electron chi connectivity index (χ4n) is 1.34. The summed E-state index contributed by atoms with van der Waals surface area (Å²) in [5, 5.41) is 12.0. The first kappa shape index (κ1) is 10.4. The lowest BCUT2D eigenvalue weighted by Crippen LogP contribution is -2.39. The highest BCUT2D eigenvalue weighted by Gasteiger charge is 2.43. The molecular formula is C10H11ClN2O2. The van der Waals surface area contributed by atoms with Crippen LogP contribution in [0.3, 0.4) is 0 Å². The molecule has 0 spiro atoms. The third kappa shape index (κ3) is 2.11. The zero-order valence-corrected chi connectivity index (χ0v) is 8.79. The van der Waals surface area contributed by atoms with Crippen molar-refractivity contribution in [2.75, 3.05) is 6.61 Å². The molecular weight excluding hydrogens is 216 g/mol. The molecule has 80 valence electrons. The summed E-state index contributed by atoms with van der Waals surface area (Å²) in [6, 6.07) is 3.26. The normalized spacial score (nSPS) is 17.2. The second kappa shape index (κ2) is 3.79. The highest BCUT2D eigenvalue weighted by Crippen LogP contribution is 2.35. The average molecular weight is 227 g/mol. The number of pyridine rings is 1. The highest BCUT2D eigenvalue weighted by molar-refractivity contribution is 6.32. The average Bonchev–Trinajstić information content (AvgIpc) is 2.99. The van der Waals surface area contributed by atoms with E-state index in [1.54, 1.807) is 12.1 Å². The predicted molar refractivity (Wildman–Crippen MR) is 55.8 cm³/mol. The van der Waals surface area contributed by atoms with Crippen molar-refractivity contribution in [1.29, 1.82) is 0 Å². The van der Waals surface area contributed by atoms with Crippen LogP contribution in [0.1, 0.15) is 23.2 Å². The van der Waals surface area contributed by atoms with Gasteiger partial charge in [0.05, 0.1) is 17.7 Å². The molecule has 0 bridgehead atoms. The molecule has 1 heterocycles. The molecule has 0 aliphatic heterocycles. The summed E-state index contributed by atoms with van der Waals surface area (Å²) in [4.78, 5) is 15.6. The second-order valence-corrected chi connectivity index (χ2v) is 4.09. The van der Waals surface area contributed by atoms with Crippen LogP contribution in [0.15, 0.2) is 18.3 Å². The molecule has 1 saturated carbocycles. The monoisotopic (exact) mass is 226 g/mol. The summed E-state index contributed by atoms with van der Waals surface area (Å²) >= 11 is 5.78. The number of aromatic nitrogens is 1. The van der Waals surface area contributed by atoms with Crippen LogP contribution in [0.5, 0.6) is 0 Å². The van der Waals surface area contributed by atoms with Gasteiger partial charge in [-0.25, -0.2) is 4.98 Å². The van der Waals surface area contributed by atoms with Gasteiger partial charge in [0, 0.05) is 6.20 Å². The van der Waals surface area contributed by atoms with E-state index in [1.807, 2.05) is 0 Å². The van der Waals surface area contributed by atoms with Gasteiger partial charge in [0.25, 0.3) is 5.91 Å². The van der Waals surface area contributed by atoms with Crippen LogP contribution in [0.2, 0.25) is 5.15 Å². The molecule has 0 saturated heterocycles. The first-order valence-corrected chi connectivity index (χ1v) is 5.09. The number of aliphatic hydroxyl groups is 1. The molecule has 0 atom stereocenters. The van der Waals surface area contributed by atoms with E-state index in [9.17, 15) is 4.79 Å². The van der Waals surface area contributed by atoms with Gasteiger partial charge in [-0.1, -0.05) is 11.6 Å². The van der Waals surface area contributed by atoms with Gasteiger partial charge >= 0.3 is 0 Å². The molecule has 2 rings (SSSR count). The zero-order valence-electron chi connectivity index (χ0n) is 8.03. The Morgan fingerprint density at radius 3 is 2.93 bits per heavy atom. The molecule has 4 nitrogen and oxygen atoms in total. The molecule has 15 heavy (non-hydrogen) atoms. The van der Waals surface area contributed by atoms with E-state index in [2.05, 4.69) is 10.3 Å². The third-order valence-electron chi connectivity index (χ3n) is 2.54. The third-order valence-corrected chi connectivity index (χ3v) is 2.84. The van der Waals surface area contributed by atoms with E-state index in [1.165, 1.54) is 6.20 Å². The Labute approximate surface area is 92.3 Å². The SMILES string of the molecule is O=C(NC1(CO)CC1)c1cccnc1Cl. The van der Waals surface area contributed by atoms with E-state index < -0.39 is 5.54 Å². The quantitative estimate of drug-likeness (QED) is 0.756. The van der Waals surface area contributed by atoms with Crippen molar-refractivity contribution < 1.29 is 9.90 Å². The number of aliphatic hydroxyl groups excluding tert-OH is 1. The van der Waals surface area contributed by atoms with Crippen molar-refractivity contribution >= 4 is 17.5 Å². The lowest BCUT2D eigenvalue weighted by Gasteiger charge is -2.14. The minimum atomic E-state index is -0.420. The molecule has 5 heteroatoms. The second-order valence-electron chi connectivity index (χ2n) is 3.73. The number of halogens is 1. The van der Waals surface area contributed by atoms with Crippen molar-refractivity contribution in [2.24, 2.45) is 0 Å². The van der Waals surface area contributed by atoms with Crippen LogP contribution < -0.4 is 5.32 Å². The van der Waals surface area contributed by atoms with Crippen molar-refractivity contribution in [3.8, 4) is 0 Å². The molecule has 2 N–H and O–H groups in total. The Balaban J connectivity index is 2.12. The number of rotatable bonds is 3. The number of amides is 1. The van der Waals surface area contributed by atoms with Crippen molar-refractivity contribution in [3.05, 3.63) is 29.0 Å². The minimum Gasteiger partial charge on any atom is -0.394 e. The van der Waals surface area contributed by atoms with Crippen LogP contribution in [-0.4, -0.2) is 28.1 Å². The number of hydrogen-bond acceptors (Lipinski definition) is 3. The Hall–Kier alpha value is -1.13. The van der Waals surface area contributed by atoms with Gasteiger partial charge in [0.1, 0.15) is 5.15 Å². The van der Waals surface area contributed by atoms with Crippen LogP contribution in [0.4, 0.5) is 0 Å². The Morgan fingerprint density at radius 2 is 2.40 bits per heavy atom. The van der Waals surface area contributed by atoms with Crippen LogP contribution in [-0.2, 0) is 0 Å². The van der Waals surface area contributed by atoms with Crippen LogP contribution in [0.25, 0.3) is 0 Å². The Bertz CT molecular complexity index is 391. The Kier molecular flexibility index (Phi) is 2.63. The minimum absolute atomic E-state index is 0.0311. The molecule has 0 aromatic carbocycles. The first-order chi connectivity index (χ1) is 7.17. The maximum atomic E-state index is 11.7. The van der Waals surface area contributed by atoms with Gasteiger partial charge in [-0.15, -0.1) is 0 Å². The summed E-state index contributed by atoms with van der Waals surface area (Å²) in [5.74, 6) is -0.278. The summed E-state index contributed by atoms with van der Waals surface area (Å²) in [6.45, 7) is -0.0311. The Morgan fingerprint density at radius 1 is 1.67 bits per heavy atom. The number of carbonyl (C=O) groups excluding carboxylic acids is 1. The fraction of sp³-hybridized carbons (Fsp3) is 0.400. The summed E-state index contributed by atoms with van der Waals surface area (Å²) in [6.07, 6.45) is 3.15. The summed E-state index contributed by atoms with van der Waals surface area (Å²) in [7, 11) is 0. The van der Waals surface area contributed by atoms with Crippen LogP contribution >= 0.6 is 11.6 Å². The van der Waals surface area contributed by atoms with E-state index in [0.717, 1.165) is 12.8 Å². The smallest absolute Gasteiger partial charge is 0.254 e. The molecule has 0 radical (unpaired) electrons.